The molecule has 3 nitrogen and oxygen atoms in total. The molecule has 1 aliphatic heterocycles. The van der Waals surface area contributed by atoms with Gasteiger partial charge in [-0.2, -0.15) is 0 Å². The van der Waals surface area contributed by atoms with E-state index in [0.29, 0.717) is 5.56 Å². The summed E-state index contributed by atoms with van der Waals surface area (Å²) in [7, 11) is 0. The molecule has 1 saturated heterocycles. The third-order valence-electron chi connectivity index (χ3n) is 5.64. The van der Waals surface area contributed by atoms with Crippen molar-refractivity contribution in [2.45, 2.75) is 23.7 Å². The molecule has 0 amide bonds. The van der Waals surface area contributed by atoms with Crippen LogP contribution >= 0.6 is 22.6 Å². The number of benzene rings is 2. The summed E-state index contributed by atoms with van der Waals surface area (Å²) in [5, 5.41) is 9.20. The van der Waals surface area contributed by atoms with Gasteiger partial charge >= 0.3 is 5.97 Å². The van der Waals surface area contributed by atoms with Gasteiger partial charge in [-0.15, -0.1) is 0 Å². The number of rotatable bonds is 3. The number of fused-ring (bicyclic) bond motifs is 3. The Bertz CT molecular complexity index is 916. The number of aromatic carboxylic acids is 1. The number of nitrogens with zero attached hydrogens (tertiary/aromatic N) is 1. The summed E-state index contributed by atoms with van der Waals surface area (Å²) in [6, 6.07) is 14.1. The van der Waals surface area contributed by atoms with E-state index in [9.17, 15) is 9.90 Å². The van der Waals surface area contributed by atoms with Crippen LogP contribution in [0.25, 0.3) is 5.57 Å². The van der Waals surface area contributed by atoms with Gasteiger partial charge in [0.05, 0.1) is 8.99 Å². The second-order valence-corrected chi connectivity index (χ2v) is 9.05. The zero-order chi connectivity index (χ0) is 18.5. The number of hydrogen-bond donors (Lipinski definition) is 1. The minimum atomic E-state index is -0.878. The number of likely N-dealkylation sites (N-methyl/N-ethyl adjacent to an activating group) is 1. The number of carboxylic acids is 1. The molecule has 26 heavy (non-hydrogen) atoms. The standard InChI is InChI=1S/C22H22INO2/c1-3-24-11-10-19-20(15-5-7-16(8-6-15)21(25)26)17-12-14(2)4-9-18(17)22(19,23)13-24/h4-9,12H,3,10-11,13H2,1-2H3,(H,25,26). The lowest BCUT2D eigenvalue weighted by molar-refractivity contribution is 0.0697. The van der Waals surface area contributed by atoms with Crippen molar-refractivity contribution in [2.24, 2.45) is 0 Å². The van der Waals surface area contributed by atoms with E-state index in [1.54, 1.807) is 12.1 Å². The number of likely N-dealkylation sites (tertiary alicyclic amines) is 1. The van der Waals surface area contributed by atoms with Gasteiger partial charge < -0.3 is 10.0 Å². The zero-order valence-corrected chi connectivity index (χ0v) is 17.2. The highest BCUT2D eigenvalue weighted by Crippen LogP contribution is 2.56. The SMILES string of the molecule is CCN1CCC2=C(c3ccc(C(=O)O)cc3)c3cc(C)ccc3C2(I)C1. The minimum absolute atomic E-state index is 0.00978. The summed E-state index contributed by atoms with van der Waals surface area (Å²) in [6.07, 6.45) is 1.06. The van der Waals surface area contributed by atoms with Crippen LogP contribution in [0.2, 0.25) is 0 Å². The molecular formula is C22H22INO2. The second-order valence-electron chi connectivity index (χ2n) is 7.21. The van der Waals surface area contributed by atoms with Crippen molar-refractivity contribution in [3.63, 3.8) is 0 Å². The maximum Gasteiger partial charge on any atom is 0.335 e. The zero-order valence-electron chi connectivity index (χ0n) is 15.1. The summed E-state index contributed by atoms with van der Waals surface area (Å²) in [4.78, 5) is 13.7. The molecule has 1 heterocycles. The number of hydrogen-bond acceptors (Lipinski definition) is 2. The first-order valence-electron chi connectivity index (χ1n) is 9.04. The van der Waals surface area contributed by atoms with E-state index < -0.39 is 5.97 Å². The number of alkyl halides is 1. The van der Waals surface area contributed by atoms with E-state index in [2.05, 4.69) is 59.5 Å². The quantitative estimate of drug-likeness (QED) is 0.527. The second kappa shape index (κ2) is 6.50. The molecule has 2 aromatic rings. The summed E-state index contributed by atoms with van der Waals surface area (Å²) >= 11 is 2.65. The van der Waals surface area contributed by atoms with E-state index in [0.717, 1.165) is 31.6 Å². The Labute approximate surface area is 167 Å². The van der Waals surface area contributed by atoms with Gasteiger partial charge in [-0.05, 0) is 59.9 Å². The van der Waals surface area contributed by atoms with Crippen LogP contribution in [-0.4, -0.2) is 35.6 Å². The van der Waals surface area contributed by atoms with Gasteiger partial charge in [-0.3, -0.25) is 0 Å². The largest absolute Gasteiger partial charge is 0.478 e. The fourth-order valence-electron chi connectivity index (χ4n) is 4.27. The third kappa shape index (κ3) is 2.70. The Morgan fingerprint density at radius 2 is 1.96 bits per heavy atom. The van der Waals surface area contributed by atoms with Crippen LogP contribution in [0, 0.1) is 6.92 Å². The molecule has 1 N–H and O–H groups in total. The molecule has 0 radical (unpaired) electrons. The maximum atomic E-state index is 11.2. The van der Waals surface area contributed by atoms with Gasteiger partial charge in [0.2, 0.25) is 0 Å². The molecule has 0 spiro atoms. The topological polar surface area (TPSA) is 40.5 Å². The number of carboxylic acid groups (broad SMARTS) is 1. The molecule has 2 aliphatic rings. The molecule has 1 aliphatic carbocycles. The molecule has 134 valence electrons. The van der Waals surface area contributed by atoms with Gasteiger partial charge in [0.15, 0.2) is 0 Å². The van der Waals surface area contributed by atoms with Crippen molar-refractivity contribution in [3.05, 3.63) is 75.9 Å². The molecular weight excluding hydrogens is 437 g/mol. The fraction of sp³-hybridized carbons (Fsp3) is 0.318. The van der Waals surface area contributed by atoms with Crippen LogP contribution in [0.5, 0.6) is 0 Å². The Morgan fingerprint density at radius 3 is 2.62 bits per heavy atom. The van der Waals surface area contributed by atoms with Gasteiger partial charge in [0.1, 0.15) is 0 Å². The maximum absolute atomic E-state index is 11.2. The molecule has 1 fully saturated rings. The van der Waals surface area contributed by atoms with Crippen molar-refractivity contribution >= 4 is 34.1 Å². The van der Waals surface area contributed by atoms with Crippen molar-refractivity contribution in [3.8, 4) is 0 Å². The van der Waals surface area contributed by atoms with Crippen molar-refractivity contribution in [1.82, 2.24) is 4.90 Å². The highest BCUT2D eigenvalue weighted by Gasteiger charge is 2.46. The predicted molar refractivity (Wildman–Crippen MR) is 113 cm³/mol. The van der Waals surface area contributed by atoms with Crippen LogP contribution in [0.3, 0.4) is 0 Å². The monoisotopic (exact) mass is 459 g/mol. The number of aryl methyl sites for hydroxylation is 1. The van der Waals surface area contributed by atoms with Crippen LogP contribution in [0.1, 0.15) is 46.0 Å². The molecule has 2 aromatic carbocycles. The molecule has 0 aromatic heterocycles. The average molecular weight is 459 g/mol. The van der Waals surface area contributed by atoms with Crippen LogP contribution in [-0.2, 0) is 3.42 Å². The summed E-state index contributed by atoms with van der Waals surface area (Å²) in [6.45, 7) is 7.55. The Balaban J connectivity index is 1.90. The molecule has 0 saturated carbocycles. The van der Waals surface area contributed by atoms with Gasteiger partial charge in [0, 0.05) is 13.1 Å². The first kappa shape index (κ1) is 17.7. The summed E-state index contributed by atoms with van der Waals surface area (Å²) < 4.78 is 0.00978. The summed E-state index contributed by atoms with van der Waals surface area (Å²) in [5.74, 6) is -0.878. The summed E-state index contributed by atoms with van der Waals surface area (Å²) in [5.41, 5.74) is 8.24. The average Bonchev–Trinajstić information content (AvgIpc) is 2.88. The van der Waals surface area contributed by atoms with Crippen molar-refractivity contribution in [1.29, 1.82) is 0 Å². The number of halogens is 1. The number of piperidine rings is 1. The van der Waals surface area contributed by atoms with Gasteiger partial charge in [-0.25, -0.2) is 4.79 Å². The molecule has 0 bridgehead atoms. The molecule has 4 heteroatoms. The molecule has 1 unspecified atom stereocenters. The lowest BCUT2D eigenvalue weighted by atomic mass is 9.88. The first-order valence-corrected chi connectivity index (χ1v) is 10.1. The smallest absolute Gasteiger partial charge is 0.335 e. The van der Waals surface area contributed by atoms with E-state index in [4.69, 9.17) is 0 Å². The van der Waals surface area contributed by atoms with Crippen LogP contribution in [0.15, 0.2) is 48.0 Å². The third-order valence-corrected chi connectivity index (χ3v) is 7.21. The van der Waals surface area contributed by atoms with E-state index in [-0.39, 0.29) is 3.42 Å². The van der Waals surface area contributed by atoms with Crippen LogP contribution < -0.4 is 0 Å². The van der Waals surface area contributed by atoms with Crippen molar-refractivity contribution < 1.29 is 9.90 Å². The molecule has 4 rings (SSSR count). The Hall–Kier alpha value is -1.66. The minimum Gasteiger partial charge on any atom is -0.478 e. The van der Waals surface area contributed by atoms with Gasteiger partial charge in [0.25, 0.3) is 0 Å². The van der Waals surface area contributed by atoms with E-state index in [1.807, 2.05) is 12.1 Å². The normalized spacial score (nSPS) is 22.3. The van der Waals surface area contributed by atoms with E-state index in [1.165, 1.54) is 27.8 Å². The van der Waals surface area contributed by atoms with E-state index >= 15 is 0 Å². The predicted octanol–water partition coefficient (Wildman–Crippen LogP) is 4.86. The number of carbonyl (C=O) groups is 1. The first-order chi connectivity index (χ1) is 12.4. The highest BCUT2D eigenvalue weighted by molar-refractivity contribution is 14.1. The Morgan fingerprint density at radius 1 is 1.23 bits per heavy atom. The van der Waals surface area contributed by atoms with Crippen LogP contribution in [0.4, 0.5) is 0 Å². The lowest BCUT2D eigenvalue weighted by Crippen LogP contribution is -2.42. The highest BCUT2D eigenvalue weighted by atomic mass is 127. The molecule has 1 atom stereocenters. The lowest BCUT2D eigenvalue weighted by Gasteiger charge is -2.39. The van der Waals surface area contributed by atoms with Crippen molar-refractivity contribution in [2.75, 3.05) is 19.6 Å². The Kier molecular flexibility index (Phi) is 4.43. The fourth-order valence-corrected chi connectivity index (χ4v) is 5.77. The van der Waals surface area contributed by atoms with Gasteiger partial charge in [-0.1, -0.05) is 65.4 Å².